The van der Waals surface area contributed by atoms with Gasteiger partial charge in [0.2, 0.25) is 5.91 Å². The first-order valence-electron chi connectivity index (χ1n) is 8.06. The van der Waals surface area contributed by atoms with Crippen molar-refractivity contribution in [3.63, 3.8) is 0 Å². The van der Waals surface area contributed by atoms with Crippen molar-refractivity contribution < 1.29 is 9.59 Å². The first-order chi connectivity index (χ1) is 13.1. The third kappa shape index (κ3) is 5.99. The van der Waals surface area contributed by atoms with E-state index in [9.17, 15) is 9.59 Å². The van der Waals surface area contributed by atoms with Crippen molar-refractivity contribution in [2.45, 2.75) is 0 Å². The maximum absolute atomic E-state index is 12.0. The summed E-state index contributed by atoms with van der Waals surface area (Å²) in [5.41, 5.74) is 1.95. The monoisotopic (exact) mass is 397 g/mol. The molecular weight excluding hydrogens is 382 g/mol. The molecule has 0 aliphatic heterocycles. The Morgan fingerprint density at radius 1 is 0.778 bits per heavy atom. The maximum atomic E-state index is 12.0. The molecule has 7 heteroatoms. The largest absolute Gasteiger partial charge is 0.323 e. The highest BCUT2D eigenvalue weighted by molar-refractivity contribution is 7.17. The Morgan fingerprint density at radius 3 is 1.96 bits per heavy atom. The smallest absolute Gasteiger partial charge is 0.323 e. The standard InChI is InChI=1S/C20H16ClN3O2S/c21-18-12-10-17(27-18)11-13-19(25)22-15-6-8-16(9-7-15)24-20(26)23-14-4-2-1-3-5-14/h1-13H,(H,22,25)(H2,23,24,26)/b13-11+. The van der Waals surface area contributed by atoms with Crippen LogP contribution in [0.15, 0.2) is 72.8 Å². The van der Waals surface area contributed by atoms with E-state index in [1.165, 1.54) is 17.4 Å². The molecule has 1 aromatic heterocycles. The van der Waals surface area contributed by atoms with Crippen molar-refractivity contribution in [2.24, 2.45) is 0 Å². The number of para-hydroxylation sites is 1. The molecule has 0 saturated carbocycles. The van der Waals surface area contributed by atoms with Crippen LogP contribution in [-0.4, -0.2) is 11.9 Å². The van der Waals surface area contributed by atoms with Crippen LogP contribution in [0.4, 0.5) is 21.9 Å². The fraction of sp³-hybridized carbons (Fsp3) is 0. The number of hydrogen-bond acceptors (Lipinski definition) is 3. The Hall–Kier alpha value is -3.09. The fourth-order valence-corrected chi connectivity index (χ4v) is 3.18. The molecule has 5 nitrogen and oxygen atoms in total. The van der Waals surface area contributed by atoms with E-state index in [4.69, 9.17) is 11.6 Å². The molecule has 3 N–H and O–H groups in total. The molecule has 0 unspecified atom stereocenters. The lowest BCUT2D eigenvalue weighted by Crippen LogP contribution is -2.19. The highest BCUT2D eigenvalue weighted by atomic mass is 35.5. The lowest BCUT2D eigenvalue weighted by atomic mass is 10.2. The summed E-state index contributed by atoms with van der Waals surface area (Å²) in [6.07, 6.45) is 3.15. The predicted molar refractivity (Wildman–Crippen MR) is 113 cm³/mol. The zero-order chi connectivity index (χ0) is 19.1. The van der Waals surface area contributed by atoms with E-state index < -0.39 is 0 Å². The molecule has 136 valence electrons. The molecule has 0 radical (unpaired) electrons. The zero-order valence-corrected chi connectivity index (χ0v) is 15.7. The van der Waals surface area contributed by atoms with E-state index in [-0.39, 0.29) is 11.9 Å². The molecule has 0 bridgehead atoms. The maximum Gasteiger partial charge on any atom is 0.323 e. The number of anilines is 3. The van der Waals surface area contributed by atoms with Crippen molar-refractivity contribution in [1.29, 1.82) is 0 Å². The molecule has 0 saturated heterocycles. The minimum Gasteiger partial charge on any atom is -0.323 e. The zero-order valence-electron chi connectivity index (χ0n) is 14.1. The van der Waals surface area contributed by atoms with Gasteiger partial charge < -0.3 is 16.0 Å². The third-order valence-corrected chi connectivity index (χ3v) is 4.63. The number of amides is 3. The van der Waals surface area contributed by atoms with Gasteiger partial charge in [-0.2, -0.15) is 0 Å². The molecule has 0 aliphatic carbocycles. The normalized spacial score (nSPS) is 10.6. The van der Waals surface area contributed by atoms with E-state index in [1.54, 1.807) is 48.5 Å². The summed E-state index contributed by atoms with van der Waals surface area (Å²) >= 11 is 7.25. The molecule has 3 aromatic rings. The highest BCUT2D eigenvalue weighted by Crippen LogP contribution is 2.22. The lowest BCUT2D eigenvalue weighted by molar-refractivity contribution is -0.111. The van der Waals surface area contributed by atoms with Gasteiger partial charge >= 0.3 is 6.03 Å². The molecule has 3 amide bonds. The number of rotatable bonds is 5. The van der Waals surface area contributed by atoms with Gasteiger partial charge in [-0.25, -0.2) is 4.79 Å². The van der Waals surface area contributed by atoms with Gasteiger partial charge in [0.05, 0.1) is 4.34 Å². The minimum atomic E-state index is -0.337. The van der Waals surface area contributed by atoms with E-state index in [0.29, 0.717) is 21.4 Å². The second-order valence-electron chi connectivity index (χ2n) is 5.49. The number of halogens is 1. The van der Waals surface area contributed by atoms with Crippen LogP contribution in [0, 0.1) is 0 Å². The summed E-state index contributed by atoms with van der Waals surface area (Å²) < 4.78 is 0.675. The van der Waals surface area contributed by atoms with Crippen molar-refractivity contribution >= 4 is 58.0 Å². The summed E-state index contributed by atoms with van der Waals surface area (Å²) in [5.74, 6) is -0.248. The molecule has 0 fully saturated rings. The van der Waals surface area contributed by atoms with Crippen LogP contribution < -0.4 is 16.0 Å². The number of thiophene rings is 1. The van der Waals surface area contributed by atoms with Crippen molar-refractivity contribution in [3.05, 3.63) is 82.0 Å². The topological polar surface area (TPSA) is 70.2 Å². The molecule has 3 rings (SSSR count). The number of benzene rings is 2. The average molecular weight is 398 g/mol. The van der Waals surface area contributed by atoms with Gasteiger partial charge in [0.1, 0.15) is 0 Å². The average Bonchev–Trinajstić information content (AvgIpc) is 3.08. The number of nitrogens with one attached hydrogen (secondary N) is 3. The Bertz CT molecular complexity index is 953. The van der Waals surface area contributed by atoms with Gasteiger partial charge in [-0.3, -0.25) is 4.79 Å². The van der Waals surface area contributed by atoms with Crippen LogP contribution in [0.25, 0.3) is 6.08 Å². The van der Waals surface area contributed by atoms with Gasteiger partial charge in [-0.1, -0.05) is 29.8 Å². The Kier molecular flexibility index (Phi) is 6.25. The molecule has 0 atom stereocenters. The van der Waals surface area contributed by atoms with Crippen molar-refractivity contribution in [2.75, 3.05) is 16.0 Å². The Morgan fingerprint density at radius 2 is 1.37 bits per heavy atom. The van der Waals surface area contributed by atoms with E-state index >= 15 is 0 Å². The van der Waals surface area contributed by atoms with E-state index in [1.807, 2.05) is 24.3 Å². The minimum absolute atomic E-state index is 0.248. The van der Waals surface area contributed by atoms with Crippen LogP contribution in [0.2, 0.25) is 4.34 Å². The van der Waals surface area contributed by atoms with Crippen LogP contribution in [0.3, 0.4) is 0 Å². The van der Waals surface area contributed by atoms with E-state index in [0.717, 1.165) is 4.88 Å². The summed E-state index contributed by atoms with van der Waals surface area (Å²) in [6, 6.07) is 19.3. The summed E-state index contributed by atoms with van der Waals surface area (Å²) in [5, 5.41) is 8.22. The molecule has 0 spiro atoms. The second kappa shape index (κ2) is 9.02. The third-order valence-electron chi connectivity index (χ3n) is 3.43. The number of hydrogen-bond donors (Lipinski definition) is 3. The summed E-state index contributed by atoms with van der Waals surface area (Å²) in [6.45, 7) is 0. The predicted octanol–water partition coefficient (Wildman–Crippen LogP) is 5.70. The SMILES string of the molecule is O=C(/C=C/c1ccc(Cl)s1)Nc1ccc(NC(=O)Nc2ccccc2)cc1. The Balaban J connectivity index is 1.51. The van der Waals surface area contributed by atoms with Gasteiger partial charge in [0.25, 0.3) is 0 Å². The van der Waals surface area contributed by atoms with Crippen LogP contribution in [-0.2, 0) is 4.79 Å². The quantitative estimate of drug-likeness (QED) is 0.483. The van der Waals surface area contributed by atoms with Crippen LogP contribution >= 0.6 is 22.9 Å². The number of urea groups is 1. The Labute approximate surface area is 165 Å². The summed E-state index contributed by atoms with van der Waals surface area (Å²) in [4.78, 5) is 24.8. The van der Waals surface area contributed by atoms with Crippen molar-refractivity contribution in [1.82, 2.24) is 0 Å². The number of carbonyl (C=O) groups is 2. The molecule has 0 aliphatic rings. The molecular formula is C20H16ClN3O2S. The van der Waals surface area contributed by atoms with Gasteiger partial charge in [0.15, 0.2) is 0 Å². The summed E-state index contributed by atoms with van der Waals surface area (Å²) in [7, 11) is 0. The van der Waals surface area contributed by atoms with Gasteiger partial charge in [-0.15, -0.1) is 11.3 Å². The first-order valence-corrected chi connectivity index (χ1v) is 9.25. The fourth-order valence-electron chi connectivity index (χ4n) is 2.21. The van der Waals surface area contributed by atoms with E-state index in [2.05, 4.69) is 16.0 Å². The van der Waals surface area contributed by atoms with Crippen LogP contribution in [0.1, 0.15) is 4.88 Å². The number of carbonyl (C=O) groups excluding carboxylic acids is 2. The van der Waals surface area contributed by atoms with Gasteiger partial charge in [-0.05, 0) is 54.6 Å². The van der Waals surface area contributed by atoms with Crippen molar-refractivity contribution in [3.8, 4) is 0 Å². The van der Waals surface area contributed by atoms with Gasteiger partial charge in [0, 0.05) is 28.0 Å². The molecule has 27 heavy (non-hydrogen) atoms. The molecule has 2 aromatic carbocycles. The lowest BCUT2D eigenvalue weighted by Gasteiger charge is -2.08. The second-order valence-corrected chi connectivity index (χ2v) is 7.23. The van der Waals surface area contributed by atoms with Crippen LogP contribution in [0.5, 0.6) is 0 Å². The molecule has 1 heterocycles. The highest BCUT2D eigenvalue weighted by Gasteiger charge is 2.03. The first kappa shape index (κ1) is 18.7.